The van der Waals surface area contributed by atoms with Crippen molar-refractivity contribution in [2.24, 2.45) is 0 Å². The van der Waals surface area contributed by atoms with E-state index in [1.807, 2.05) is 0 Å². The molecular formula is C10H11F3N2O3. The zero-order valence-corrected chi connectivity index (χ0v) is 9.91. The summed E-state index contributed by atoms with van der Waals surface area (Å²) in [5, 5.41) is 0. The molecule has 0 bridgehead atoms. The quantitative estimate of drug-likeness (QED) is 0.779. The van der Waals surface area contributed by atoms with Gasteiger partial charge >= 0.3 is 6.18 Å². The predicted octanol–water partition coefficient (Wildman–Crippen LogP) is 2.10. The molecule has 1 rings (SSSR count). The van der Waals surface area contributed by atoms with Crippen molar-refractivity contribution in [1.82, 2.24) is 9.97 Å². The van der Waals surface area contributed by atoms with Crippen molar-refractivity contribution in [2.45, 2.75) is 26.1 Å². The molecule has 1 heterocycles. The fraction of sp³-hybridized carbons (Fsp3) is 0.500. The number of aromatic nitrogens is 2. The summed E-state index contributed by atoms with van der Waals surface area (Å²) >= 11 is 0. The van der Waals surface area contributed by atoms with Gasteiger partial charge in [0.1, 0.15) is 5.56 Å². The van der Waals surface area contributed by atoms with Crippen LogP contribution < -0.4 is 9.47 Å². The summed E-state index contributed by atoms with van der Waals surface area (Å²) in [6, 6.07) is 0. The number of methoxy groups -OCH3 is 1. The molecule has 0 unspecified atom stereocenters. The highest BCUT2D eigenvalue weighted by molar-refractivity contribution is 5.81. The second-order valence-electron chi connectivity index (χ2n) is 3.56. The molecule has 5 nitrogen and oxygen atoms in total. The molecule has 0 fully saturated rings. The van der Waals surface area contributed by atoms with Crippen molar-refractivity contribution in [3.63, 3.8) is 0 Å². The van der Waals surface area contributed by atoms with Gasteiger partial charge in [0, 0.05) is 0 Å². The summed E-state index contributed by atoms with van der Waals surface area (Å²) in [6.07, 6.45) is -4.90. The summed E-state index contributed by atoms with van der Waals surface area (Å²) in [4.78, 5) is 17.2. The summed E-state index contributed by atoms with van der Waals surface area (Å²) < 4.78 is 47.3. The molecular weight excluding hydrogens is 253 g/mol. The van der Waals surface area contributed by atoms with Crippen LogP contribution in [0.4, 0.5) is 13.2 Å². The normalized spacial score (nSPS) is 11.5. The van der Waals surface area contributed by atoms with Gasteiger partial charge in [0.2, 0.25) is 17.6 Å². The van der Waals surface area contributed by atoms with Crippen LogP contribution in [0, 0.1) is 0 Å². The van der Waals surface area contributed by atoms with E-state index in [0.717, 1.165) is 7.11 Å². The molecule has 0 aliphatic heterocycles. The highest BCUT2D eigenvalue weighted by atomic mass is 19.4. The number of ether oxygens (including phenoxy) is 2. The summed E-state index contributed by atoms with van der Waals surface area (Å²) in [6.45, 7) is 3.19. The Balaban J connectivity index is 3.40. The molecule has 0 amide bonds. The first kappa shape index (κ1) is 14.2. The van der Waals surface area contributed by atoms with Gasteiger partial charge in [-0.25, -0.2) is 0 Å². The van der Waals surface area contributed by atoms with E-state index in [4.69, 9.17) is 4.74 Å². The van der Waals surface area contributed by atoms with Gasteiger partial charge in [-0.2, -0.15) is 23.1 Å². The molecule has 1 aromatic heterocycles. The van der Waals surface area contributed by atoms with Gasteiger partial charge in [0.15, 0.2) is 6.29 Å². The Labute approximate surface area is 101 Å². The number of rotatable bonds is 4. The number of carbonyl (C=O) groups is 1. The Bertz CT molecular complexity index is 447. The van der Waals surface area contributed by atoms with Gasteiger partial charge in [-0.15, -0.1) is 0 Å². The molecule has 0 atom stereocenters. The van der Waals surface area contributed by atoms with Gasteiger partial charge in [-0.1, -0.05) is 0 Å². The molecule has 0 radical (unpaired) electrons. The van der Waals surface area contributed by atoms with Crippen molar-refractivity contribution in [3.8, 4) is 11.8 Å². The Morgan fingerprint density at radius 1 is 1.22 bits per heavy atom. The van der Waals surface area contributed by atoms with Crippen LogP contribution in [-0.2, 0) is 6.18 Å². The van der Waals surface area contributed by atoms with E-state index in [2.05, 4.69) is 14.7 Å². The number of alkyl halides is 3. The van der Waals surface area contributed by atoms with Crippen molar-refractivity contribution in [3.05, 3.63) is 11.4 Å². The van der Waals surface area contributed by atoms with Crippen LogP contribution in [0.1, 0.15) is 30.0 Å². The highest BCUT2D eigenvalue weighted by Gasteiger charge is 2.37. The van der Waals surface area contributed by atoms with Crippen LogP contribution in [0.15, 0.2) is 0 Å². The second-order valence-corrected chi connectivity index (χ2v) is 3.56. The average Bonchev–Trinajstić information content (AvgIpc) is 2.25. The van der Waals surface area contributed by atoms with Gasteiger partial charge in [0.05, 0.1) is 13.2 Å². The van der Waals surface area contributed by atoms with Crippen molar-refractivity contribution >= 4 is 6.29 Å². The summed E-state index contributed by atoms with van der Waals surface area (Å²) in [5.74, 6) is -2.33. The lowest BCUT2D eigenvalue weighted by molar-refractivity contribution is -0.145. The SMILES string of the molecule is COc1nc(C(F)(F)F)nc(OC(C)C)c1C=O. The molecule has 8 heteroatoms. The van der Waals surface area contributed by atoms with Crippen molar-refractivity contribution in [1.29, 1.82) is 0 Å². The van der Waals surface area contributed by atoms with Gasteiger partial charge in [0.25, 0.3) is 0 Å². The fourth-order valence-corrected chi connectivity index (χ4v) is 1.13. The minimum Gasteiger partial charge on any atom is -0.480 e. The van der Waals surface area contributed by atoms with E-state index >= 15 is 0 Å². The van der Waals surface area contributed by atoms with Crippen LogP contribution in [0.25, 0.3) is 0 Å². The Kier molecular flexibility index (Phi) is 4.10. The average molecular weight is 264 g/mol. The maximum atomic E-state index is 12.5. The number of hydrogen-bond acceptors (Lipinski definition) is 5. The first-order chi connectivity index (χ1) is 8.29. The Morgan fingerprint density at radius 3 is 2.17 bits per heavy atom. The van der Waals surface area contributed by atoms with E-state index in [1.165, 1.54) is 0 Å². The van der Waals surface area contributed by atoms with Gasteiger partial charge < -0.3 is 9.47 Å². The third-order valence-corrected chi connectivity index (χ3v) is 1.79. The molecule has 18 heavy (non-hydrogen) atoms. The van der Waals surface area contributed by atoms with Crippen LogP contribution in [0.2, 0.25) is 0 Å². The third kappa shape index (κ3) is 3.08. The molecule has 0 aliphatic carbocycles. The minimum absolute atomic E-state index is 0.251. The number of halogens is 3. The molecule has 0 aliphatic rings. The lowest BCUT2D eigenvalue weighted by Gasteiger charge is -2.14. The first-order valence-corrected chi connectivity index (χ1v) is 4.94. The van der Waals surface area contributed by atoms with E-state index in [0.29, 0.717) is 0 Å². The minimum atomic E-state index is -4.75. The Hall–Kier alpha value is -1.86. The van der Waals surface area contributed by atoms with E-state index in [-0.39, 0.29) is 11.8 Å². The van der Waals surface area contributed by atoms with Crippen LogP contribution in [0.5, 0.6) is 11.8 Å². The number of aldehydes is 1. The van der Waals surface area contributed by atoms with Crippen LogP contribution in [0.3, 0.4) is 0 Å². The molecule has 0 saturated heterocycles. The molecule has 0 aromatic carbocycles. The van der Waals surface area contributed by atoms with Gasteiger partial charge in [-0.3, -0.25) is 4.79 Å². The molecule has 1 aromatic rings. The number of carbonyl (C=O) groups excluding carboxylic acids is 1. The monoisotopic (exact) mass is 264 g/mol. The maximum absolute atomic E-state index is 12.5. The lowest BCUT2D eigenvalue weighted by atomic mass is 10.3. The number of nitrogens with zero attached hydrogens (tertiary/aromatic N) is 2. The first-order valence-electron chi connectivity index (χ1n) is 4.94. The van der Waals surface area contributed by atoms with E-state index < -0.39 is 29.9 Å². The topological polar surface area (TPSA) is 61.3 Å². The predicted molar refractivity (Wildman–Crippen MR) is 54.7 cm³/mol. The maximum Gasteiger partial charge on any atom is 0.451 e. The molecule has 0 N–H and O–H groups in total. The fourth-order valence-electron chi connectivity index (χ4n) is 1.13. The third-order valence-electron chi connectivity index (χ3n) is 1.79. The highest BCUT2D eigenvalue weighted by Crippen LogP contribution is 2.32. The standard InChI is InChI=1S/C10H11F3N2O3/c1-5(2)18-8-6(4-16)7(17-3)14-9(15-8)10(11,12)13/h4-5H,1-3H3. The smallest absolute Gasteiger partial charge is 0.451 e. The zero-order chi connectivity index (χ0) is 13.9. The second kappa shape index (κ2) is 5.19. The lowest BCUT2D eigenvalue weighted by Crippen LogP contribution is -2.17. The van der Waals surface area contributed by atoms with Crippen molar-refractivity contribution < 1.29 is 27.4 Å². The van der Waals surface area contributed by atoms with Crippen LogP contribution >= 0.6 is 0 Å². The molecule has 0 saturated carbocycles. The zero-order valence-electron chi connectivity index (χ0n) is 9.91. The summed E-state index contributed by atoms with van der Waals surface area (Å²) in [5.41, 5.74) is -0.251. The van der Waals surface area contributed by atoms with Gasteiger partial charge in [-0.05, 0) is 13.8 Å². The van der Waals surface area contributed by atoms with E-state index in [9.17, 15) is 18.0 Å². The summed E-state index contributed by atoms with van der Waals surface area (Å²) in [7, 11) is 1.11. The Morgan fingerprint density at radius 2 is 1.78 bits per heavy atom. The largest absolute Gasteiger partial charge is 0.480 e. The molecule has 100 valence electrons. The number of hydrogen-bond donors (Lipinski definition) is 0. The van der Waals surface area contributed by atoms with Crippen LogP contribution in [-0.4, -0.2) is 29.5 Å². The van der Waals surface area contributed by atoms with E-state index in [1.54, 1.807) is 13.8 Å². The molecule has 0 spiro atoms. The van der Waals surface area contributed by atoms with Crippen molar-refractivity contribution in [2.75, 3.05) is 7.11 Å².